The van der Waals surface area contributed by atoms with Crippen LogP contribution < -0.4 is 10.6 Å². The van der Waals surface area contributed by atoms with Gasteiger partial charge in [-0.3, -0.25) is 0 Å². The van der Waals surface area contributed by atoms with Gasteiger partial charge in [0, 0.05) is 17.6 Å². The molecule has 0 spiro atoms. The van der Waals surface area contributed by atoms with Crippen molar-refractivity contribution in [3.05, 3.63) is 40.9 Å². The maximum atomic E-state index is 13.7. The third-order valence-electron chi connectivity index (χ3n) is 2.59. The van der Waals surface area contributed by atoms with Crippen LogP contribution in [0.25, 0.3) is 0 Å². The molecule has 1 aromatic heterocycles. The van der Waals surface area contributed by atoms with Crippen molar-refractivity contribution in [1.29, 1.82) is 0 Å². The van der Waals surface area contributed by atoms with Crippen molar-refractivity contribution in [3.8, 4) is 0 Å². The quantitative estimate of drug-likeness (QED) is 0.870. The lowest BCUT2D eigenvalue weighted by molar-refractivity contribution is 0.632. The van der Waals surface area contributed by atoms with Crippen molar-refractivity contribution in [2.24, 2.45) is 0 Å². The van der Waals surface area contributed by atoms with E-state index < -0.39 is 5.82 Å². The van der Waals surface area contributed by atoms with Crippen LogP contribution in [-0.4, -0.2) is 16.5 Å². The predicted octanol–water partition coefficient (Wildman–Crippen LogP) is 4.14. The fourth-order valence-corrected chi connectivity index (χ4v) is 1.86. The largest absolute Gasteiger partial charge is 0.370 e. The highest BCUT2D eigenvalue weighted by Gasteiger charge is 2.06. The van der Waals surface area contributed by atoms with Gasteiger partial charge in [-0.15, -0.1) is 0 Å². The first-order chi connectivity index (χ1) is 9.58. The Morgan fingerprint density at radius 1 is 1.20 bits per heavy atom. The summed E-state index contributed by atoms with van der Waals surface area (Å²) in [4.78, 5) is 8.51. The molecule has 0 bridgehead atoms. The summed E-state index contributed by atoms with van der Waals surface area (Å²) in [7, 11) is 0. The molecule has 6 heteroatoms. The first-order valence-corrected chi connectivity index (χ1v) is 6.78. The molecular weight excluding hydrogens is 279 g/mol. The topological polar surface area (TPSA) is 49.8 Å². The molecule has 0 aliphatic carbocycles. The van der Waals surface area contributed by atoms with Crippen molar-refractivity contribution in [3.63, 3.8) is 0 Å². The van der Waals surface area contributed by atoms with E-state index >= 15 is 0 Å². The molecule has 20 heavy (non-hydrogen) atoms. The lowest BCUT2D eigenvalue weighted by atomic mass is 10.3. The zero-order valence-electron chi connectivity index (χ0n) is 11.4. The average molecular weight is 295 g/mol. The number of anilines is 3. The Morgan fingerprint density at radius 2 is 1.95 bits per heavy atom. The number of rotatable bonds is 5. The normalized spacial score (nSPS) is 10.4. The van der Waals surface area contributed by atoms with Gasteiger partial charge in [-0.05, 0) is 31.5 Å². The molecule has 1 aromatic carbocycles. The second-order valence-corrected chi connectivity index (χ2v) is 4.80. The summed E-state index contributed by atoms with van der Waals surface area (Å²) in [6.07, 6.45) is 0.998. The van der Waals surface area contributed by atoms with E-state index in [-0.39, 0.29) is 0 Å². The molecule has 2 rings (SSSR count). The molecule has 0 radical (unpaired) electrons. The van der Waals surface area contributed by atoms with Crippen molar-refractivity contribution in [2.75, 3.05) is 17.2 Å². The van der Waals surface area contributed by atoms with Crippen molar-refractivity contribution < 1.29 is 4.39 Å². The number of benzene rings is 1. The molecule has 0 saturated heterocycles. The molecule has 0 unspecified atom stereocenters. The van der Waals surface area contributed by atoms with Crippen molar-refractivity contribution >= 4 is 28.9 Å². The van der Waals surface area contributed by atoms with E-state index in [1.807, 2.05) is 0 Å². The van der Waals surface area contributed by atoms with Crippen LogP contribution in [0.5, 0.6) is 0 Å². The number of hydrogen-bond acceptors (Lipinski definition) is 4. The first-order valence-electron chi connectivity index (χ1n) is 6.40. The molecule has 0 amide bonds. The van der Waals surface area contributed by atoms with Gasteiger partial charge in [0.25, 0.3) is 0 Å². The molecule has 2 aromatic rings. The Morgan fingerprint density at radius 3 is 2.65 bits per heavy atom. The van der Waals surface area contributed by atoms with Gasteiger partial charge in [-0.1, -0.05) is 18.5 Å². The smallest absolute Gasteiger partial charge is 0.148 e. The van der Waals surface area contributed by atoms with Crippen LogP contribution in [0.3, 0.4) is 0 Å². The van der Waals surface area contributed by atoms with Crippen LogP contribution in [0.1, 0.15) is 19.2 Å². The molecule has 4 nitrogen and oxygen atoms in total. The van der Waals surface area contributed by atoms with E-state index in [9.17, 15) is 4.39 Å². The van der Waals surface area contributed by atoms with Crippen LogP contribution in [0.15, 0.2) is 24.3 Å². The van der Waals surface area contributed by atoms with Crippen LogP contribution in [-0.2, 0) is 0 Å². The molecule has 0 saturated carbocycles. The Bertz CT molecular complexity index is 604. The first kappa shape index (κ1) is 14.5. The number of aromatic nitrogens is 2. The van der Waals surface area contributed by atoms with Crippen LogP contribution in [0.4, 0.5) is 21.7 Å². The Labute approximate surface area is 122 Å². The molecule has 106 valence electrons. The maximum Gasteiger partial charge on any atom is 0.148 e. The van der Waals surface area contributed by atoms with E-state index in [2.05, 4.69) is 27.5 Å². The number of hydrogen-bond donors (Lipinski definition) is 2. The van der Waals surface area contributed by atoms with Crippen LogP contribution in [0, 0.1) is 12.7 Å². The zero-order valence-corrected chi connectivity index (χ0v) is 12.1. The summed E-state index contributed by atoms with van der Waals surface area (Å²) in [6.45, 7) is 4.69. The Hall–Kier alpha value is -1.88. The Kier molecular flexibility index (Phi) is 4.74. The second kappa shape index (κ2) is 6.52. The Balaban J connectivity index is 2.21. The standard InChI is InChI=1S/C14H16ClFN4/c1-3-6-17-13-8-14(19-9(2)18-13)20-12-5-4-10(15)7-11(12)16/h4-5,7-8H,3,6H2,1-2H3,(H2,17,18,19,20). The number of nitrogens with zero attached hydrogens (tertiary/aromatic N) is 2. The number of halogens is 2. The molecule has 0 aliphatic heterocycles. The molecule has 0 aliphatic rings. The van der Waals surface area contributed by atoms with Crippen LogP contribution >= 0.6 is 11.6 Å². The van der Waals surface area contributed by atoms with E-state index in [4.69, 9.17) is 11.6 Å². The second-order valence-electron chi connectivity index (χ2n) is 4.36. The predicted molar refractivity (Wildman–Crippen MR) is 80.2 cm³/mol. The SMILES string of the molecule is CCCNc1cc(Nc2ccc(Cl)cc2F)nc(C)n1. The van der Waals surface area contributed by atoms with E-state index in [0.29, 0.717) is 22.4 Å². The summed E-state index contributed by atoms with van der Waals surface area (Å²) in [5, 5.41) is 6.47. The summed E-state index contributed by atoms with van der Waals surface area (Å²) in [5.41, 5.74) is 0.328. The maximum absolute atomic E-state index is 13.7. The molecule has 1 heterocycles. The van der Waals surface area contributed by atoms with Gasteiger partial charge < -0.3 is 10.6 Å². The van der Waals surface area contributed by atoms with E-state index in [0.717, 1.165) is 18.8 Å². The lowest BCUT2D eigenvalue weighted by Crippen LogP contribution is -2.06. The number of nitrogens with one attached hydrogen (secondary N) is 2. The van der Waals surface area contributed by atoms with Crippen LogP contribution in [0.2, 0.25) is 5.02 Å². The summed E-state index contributed by atoms with van der Waals surface area (Å²) in [5.74, 6) is 1.45. The highest BCUT2D eigenvalue weighted by atomic mass is 35.5. The van der Waals surface area contributed by atoms with Gasteiger partial charge in [0.15, 0.2) is 0 Å². The van der Waals surface area contributed by atoms with E-state index in [1.165, 1.54) is 6.07 Å². The van der Waals surface area contributed by atoms with Gasteiger partial charge >= 0.3 is 0 Å². The molecule has 0 fully saturated rings. The molecular formula is C14H16ClFN4. The lowest BCUT2D eigenvalue weighted by Gasteiger charge is -2.10. The molecule has 2 N–H and O–H groups in total. The fraction of sp³-hybridized carbons (Fsp3) is 0.286. The minimum atomic E-state index is -0.420. The van der Waals surface area contributed by atoms with Gasteiger partial charge in [0.1, 0.15) is 23.3 Å². The van der Waals surface area contributed by atoms with Gasteiger partial charge in [0.2, 0.25) is 0 Å². The minimum absolute atomic E-state index is 0.328. The third-order valence-corrected chi connectivity index (χ3v) is 2.82. The van der Waals surface area contributed by atoms with Crippen molar-refractivity contribution in [1.82, 2.24) is 9.97 Å². The number of aryl methyl sites for hydroxylation is 1. The summed E-state index contributed by atoms with van der Waals surface area (Å²) >= 11 is 5.72. The van der Waals surface area contributed by atoms with E-state index in [1.54, 1.807) is 25.1 Å². The third kappa shape index (κ3) is 3.81. The van der Waals surface area contributed by atoms with Gasteiger partial charge in [0.05, 0.1) is 5.69 Å². The summed E-state index contributed by atoms with van der Waals surface area (Å²) < 4.78 is 13.7. The van der Waals surface area contributed by atoms with Crippen molar-refractivity contribution in [2.45, 2.75) is 20.3 Å². The molecule has 0 atom stereocenters. The average Bonchev–Trinajstić information content (AvgIpc) is 2.39. The monoisotopic (exact) mass is 294 g/mol. The van der Waals surface area contributed by atoms with Gasteiger partial charge in [-0.25, -0.2) is 14.4 Å². The summed E-state index contributed by atoms with van der Waals surface area (Å²) in [6, 6.07) is 6.20. The highest BCUT2D eigenvalue weighted by molar-refractivity contribution is 6.30. The minimum Gasteiger partial charge on any atom is -0.370 e. The fourth-order valence-electron chi connectivity index (χ4n) is 1.70. The van der Waals surface area contributed by atoms with Gasteiger partial charge in [-0.2, -0.15) is 0 Å². The highest BCUT2D eigenvalue weighted by Crippen LogP contribution is 2.23. The zero-order chi connectivity index (χ0) is 14.5.